The SMILES string of the molecule is CC1CCN(C2CCS(=O)(=O)C2)CC1N. The summed E-state index contributed by atoms with van der Waals surface area (Å²) in [7, 11) is -2.76. The zero-order valence-corrected chi connectivity index (χ0v) is 10.0. The number of nitrogens with zero attached hydrogens (tertiary/aromatic N) is 1. The predicted octanol–water partition coefficient (Wildman–Crippen LogP) is -0.157. The van der Waals surface area contributed by atoms with Crippen molar-refractivity contribution in [2.45, 2.75) is 31.8 Å². The number of hydrogen-bond donors (Lipinski definition) is 1. The van der Waals surface area contributed by atoms with E-state index in [-0.39, 0.29) is 12.1 Å². The molecule has 2 saturated heterocycles. The Morgan fingerprint density at radius 2 is 2.07 bits per heavy atom. The molecule has 0 aromatic rings. The molecule has 15 heavy (non-hydrogen) atoms. The van der Waals surface area contributed by atoms with E-state index in [9.17, 15) is 8.42 Å². The fourth-order valence-electron chi connectivity index (χ4n) is 2.52. The minimum atomic E-state index is -2.76. The molecule has 3 atom stereocenters. The first-order valence-corrected chi connectivity index (χ1v) is 7.50. The molecule has 0 aromatic carbocycles. The second-order valence-corrected chi connectivity index (χ2v) is 7.21. The van der Waals surface area contributed by atoms with Crippen LogP contribution in [-0.2, 0) is 9.84 Å². The number of nitrogens with two attached hydrogens (primary N) is 1. The molecule has 0 bridgehead atoms. The van der Waals surface area contributed by atoms with Crippen LogP contribution < -0.4 is 5.73 Å². The summed E-state index contributed by atoms with van der Waals surface area (Å²) in [5.41, 5.74) is 6.01. The van der Waals surface area contributed by atoms with Crippen molar-refractivity contribution in [3.05, 3.63) is 0 Å². The van der Waals surface area contributed by atoms with Crippen LogP contribution in [0.25, 0.3) is 0 Å². The van der Waals surface area contributed by atoms with Crippen molar-refractivity contribution in [2.24, 2.45) is 11.7 Å². The molecule has 88 valence electrons. The molecule has 0 spiro atoms. The van der Waals surface area contributed by atoms with Gasteiger partial charge in [-0.05, 0) is 25.3 Å². The monoisotopic (exact) mass is 232 g/mol. The zero-order valence-electron chi connectivity index (χ0n) is 9.22. The molecule has 5 heteroatoms. The smallest absolute Gasteiger partial charge is 0.151 e. The Morgan fingerprint density at radius 3 is 2.60 bits per heavy atom. The fraction of sp³-hybridized carbons (Fsp3) is 1.00. The maximum atomic E-state index is 11.4. The van der Waals surface area contributed by atoms with E-state index in [2.05, 4.69) is 11.8 Å². The Bertz CT molecular complexity index is 328. The summed E-state index contributed by atoms with van der Waals surface area (Å²) in [6.07, 6.45) is 1.89. The van der Waals surface area contributed by atoms with Crippen molar-refractivity contribution >= 4 is 9.84 Å². The first-order valence-electron chi connectivity index (χ1n) is 5.68. The van der Waals surface area contributed by atoms with Crippen molar-refractivity contribution in [3.8, 4) is 0 Å². The van der Waals surface area contributed by atoms with Crippen molar-refractivity contribution < 1.29 is 8.42 Å². The Hall–Kier alpha value is -0.130. The van der Waals surface area contributed by atoms with Crippen LogP contribution in [0.4, 0.5) is 0 Å². The summed E-state index contributed by atoms with van der Waals surface area (Å²) >= 11 is 0. The largest absolute Gasteiger partial charge is 0.326 e. The molecule has 2 heterocycles. The second-order valence-electron chi connectivity index (χ2n) is 4.98. The van der Waals surface area contributed by atoms with Gasteiger partial charge in [-0.3, -0.25) is 4.90 Å². The molecule has 0 aromatic heterocycles. The topological polar surface area (TPSA) is 63.4 Å². The molecular formula is C10H20N2O2S. The van der Waals surface area contributed by atoms with Gasteiger partial charge in [0.2, 0.25) is 0 Å². The third-order valence-electron chi connectivity index (χ3n) is 3.77. The van der Waals surface area contributed by atoms with Gasteiger partial charge in [0.05, 0.1) is 11.5 Å². The third kappa shape index (κ3) is 2.52. The van der Waals surface area contributed by atoms with Crippen molar-refractivity contribution in [3.63, 3.8) is 0 Å². The average molecular weight is 232 g/mol. The van der Waals surface area contributed by atoms with Gasteiger partial charge in [-0.25, -0.2) is 8.42 Å². The summed E-state index contributed by atoms with van der Waals surface area (Å²) in [4.78, 5) is 2.27. The summed E-state index contributed by atoms with van der Waals surface area (Å²) in [6, 6.07) is 0.440. The number of sulfone groups is 1. The van der Waals surface area contributed by atoms with E-state index in [1.54, 1.807) is 0 Å². The maximum Gasteiger partial charge on any atom is 0.151 e. The molecule has 0 radical (unpaired) electrons. The molecule has 0 amide bonds. The van der Waals surface area contributed by atoms with E-state index >= 15 is 0 Å². The number of likely N-dealkylation sites (tertiary alicyclic amines) is 1. The number of piperidine rings is 1. The van der Waals surface area contributed by atoms with Gasteiger partial charge < -0.3 is 5.73 Å². The lowest BCUT2D eigenvalue weighted by molar-refractivity contribution is 0.131. The van der Waals surface area contributed by atoms with Crippen molar-refractivity contribution in [1.29, 1.82) is 0 Å². The van der Waals surface area contributed by atoms with E-state index in [0.29, 0.717) is 17.4 Å². The summed E-state index contributed by atoms with van der Waals surface area (Å²) < 4.78 is 22.7. The van der Waals surface area contributed by atoms with E-state index in [0.717, 1.165) is 25.9 Å². The Morgan fingerprint density at radius 1 is 1.33 bits per heavy atom. The molecule has 4 nitrogen and oxygen atoms in total. The molecular weight excluding hydrogens is 212 g/mol. The minimum absolute atomic E-state index is 0.210. The van der Waals surface area contributed by atoms with E-state index in [1.807, 2.05) is 0 Å². The van der Waals surface area contributed by atoms with Crippen LogP contribution in [0.2, 0.25) is 0 Å². The van der Waals surface area contributed by atoms with Crippen molar-refractivity contribution in [2.75, 3.05) is 24.6 Å². The molecule has 0 saturated carbocycles. The van der Waals surface area contributed by atoms with Crippen molar-refractivity contribution in [1.82, 2.24) is 4.90 Å². The lowest BCUT2D eigenvalue weighted by Gasteiger charge is -2.38. The van der Waals surface area contributed by atoms with Crippen LogP contribution in [0.5, 0.6) is 0 Å². The first-order chi connectivity index (χ1) is 6.98. The Balaban J connectivity index is 1.96. The highest BCUT2D eigenvalue weighted by atomic mass is 32.2. The molecule has 2 N–H and O–H groups in total. The highest BCUT2D eigenvalue weighted by Gasteiger charge is 2.35. The van der Waals surface area contributed by atoms with Crippen LogP contribution >= 0.6 is 0 Å². The summed E-state index contributed by atoms with van der Waals surface area (Å²) in [5.74, 6) is 1.27. The van der Waals surface area contributed by atoms with Gasteiger partial charge >= 0.3 is 0 Å². The van der Waals surface area contributed by atoms with Crippen LogP contribution in [-0.4, -0.2) is 50.0 Å². The summed E-state index contributed by atoms with van der Waals surface area (Å²) in [6.45, 7) is 4.05. The molecule has 2 rings (SSSR count). The predicted molar refractivity (Wildman–Crippen MR) is 60.4 cm³/mol. The first kappa shape index (κ1) is 11.4. The third-order valence-corrected chi connectivity index (χ3v) is 5.52. The summed E-state index contributed by atoms with van der Waals surface area (Å²) in [5, 5.41) is 0. The molecule has 2 fully saturated rings. The zero-order chi connectivity index (χ0) is 11.1. The van der Waals surface area contributed by atoms with Crippen LogP contribution in [0.3, 0.4) is 0 Å². The van der Waals surface area contributed by atoms with E-state index in [1.165, 1.54) is 0 Å². The van der Waals surface area contributed by atoms with Gasteiger partial charge in [-0.15, -0.1) is 0 Å². The lowest BCUT2D eigenvalue weighted by Crippen LogP contribution is -2.51. The average Bonchev–Trinajstić information content (AvgIpc) is 2.51. The standard InChI is InChI=1S/C10H20N2O2S/c1-8-2-4-12(6-10(8)11)9-3-5-15(13,14)7-9/h8-10H,2-7,11H2,1H3. The minimum Gasteiger partial charge on any atom is -0.326 e. The Labute approximate surface area is 91.7 Å². The van der Waals surface area contributed by atoms with Crippen LogP contribution in [0.1, 0.15) is 19.8 Å². The fourth-order valence-corrected chi connectivity index (χ4v) is 4.28. The van der Waals surface area contributed by atoms with Gasteiger partial charge in [0.15, 0.2) is 9.84 Å². The second kappa shape index (κ2) is 4.03. The van der Waals surface area contributed by atoms with Gasteiger partial charge in [-0.1, -0.05) is 6.92 Å². The maximum absolute atomic E-state index is 11.4. The van der Waals surface area contributed by atoms with Crippen LogP contribution in [0, 0.1) is 5.92 Å². The van der Waals surface area contributed by atoms with E-state index in [4.69, 9.17) is 5.73 Å². The van der Waals surface area contributed by atoms with Crippen LogP contribution in [0.15, 0.2) is 0 Å². The number of hydrogen-bond acceptors (Lipinski definition) is 4. The molecule has 3 unspecified atom stereocenters. The molecule has 2 aliphatic rings. The van der Waals surface area contributed by atoms with Gasteiger partial charge in [-0.2, -0.15) is 0 Å². The number of rotatable bonds is 1. The highest BCUT2D eigenvalue weighted by molar-refractivity contribution is 7.91. The van der Waals surface area contributed by atoms with E-state index < -0.39 is 9.84 Å². The highest BCUT2D eigenvalue weighted by Crippen LogP contribution is 2.23. The Kier molecular flexibility index (Phi) is 3.05. The molecule has 0 aliphatic carbocycles. The van der Waals surface area contributed by atoms with Gasteiger partial charge in [0, 0.05) is 18.6 Å². The molecule has 2 aliphatic heterocycles. The normalized spacial score (nSPS) is 41.9. The van der Waals surface area contributed by atoms with Gasteiger partial charge in [0.25, 0.3) is 0 Å². The lowest BCUT2D eigenvalue weighted by atomic mass is 9.93. The van der Waals surface area contributed by atoms with Gasteiger partial charge in [0.1, 0.15) is 0 Å². The quantitative estimate of drug-likeness (QED) is 0.682.